The molecule has 0 aliphatic carbocycles. The van der Waals surface area contributed by atoms with Crippen molar-refractivity contribution in [2.24, 2.45) is 11.8 Å². The molecule has 0 amide bonds. The highest BCUT2D eigenvalue weighted by Gasteiger charge is 2.28. The summed E-state index contributed by atoms with van der Waals surface area (Å²) in [4.78, 5) is 0. The second-order valence-electron chi connectivity index (χ2n) is 3.70. The molecular weight excluding hydrogens is 241 g/mol. The van der Waals surface area contributed by atoms with Gasteiger partial charge in [0.15, 0.2) is 0 Å². The Morgan fingerprint density at radius 3 is 2.06 bits per heavy atom. The van der Waals surface area contributed by atoms with E-state index in [9.17, 15) is 4.57 Å². The van der Waals surface area contributed by atoms with Crippen LogP contribution in [-0.2, 0) is 18.1 Å². The smallest absolute Gasteiger partial charge is 0.287 e. The molecule has 100 valence electrons. The Balaban J connectivity index is 4.38. The predicted octanol–water partition coefficient (Wildman–Crippen LogP) is 3.37. The summed E-state index contributed by atoms with van der Waals surface area (Å²) in [5.74, 6) is -0.106. The summed E-state index contributed by atoms with van der Waals surface area (Å²) < 4.78 is 27.1. The van der Waals surface area contributed by atoms with E-state index >= 15 is 0 Å². The molecule has 0 radical (unpaired) electrons. The lowest BCUT2D eigenvalue weighted by atomic mass is 9.94. The first-order valence-electron chi connectivity index (χ1n) is 5.96. The van der Waals surface area contributed by atoms with Crippen LogP contribution in [0.4, 0.5) is 0 Å². The maximum absolute atomic E-state index is 12.0. The second-order valence-corrected chi connectivity index (χ2v) is 5.37. The highest BCUT2D eigenvalue weighted by molar-refractivity contribution is 7.48. The molecule has 2 atom stereocenters. The van der Waals surface area contributed by atoms with Crippen LogP contribution in [0, 0.1) is 23.2 Å². The molecule has 2 unspecified atom stereocenters. The molecular formula is C11H22NO4P. The lowest BCUT2D eigenvalue weighted by molar-refractivity contribution is 0.106. The van der Waals surface area contributed by atoms with Gasteiger partial charge in [0.2, 0.25) is 0 Å². The van der Waals surface area contributed by atoms with Gasteiger partial charge in [0, 0.05) is 0 Å². The average molecular weight is 263 g/mol. The lowest BCUT2D eigenvalue weighted by Crippen LogP contribution is -2.16. The molecule has 0 rings (SSSR count). The number of rotatable bonds is 9. The van der Waals surface area contributed by atoms with Crippen LogP contribution >= 0.6 is 7.82 Å². The Hall–Kier alpha value is -0.400. The average Bonchev–Trinajstić information content (AvgIpc) is 2.30. The molecule has 0 saturated carbocycles. The van der Waals surface area contributed by atoms with Crippen LogP contribution in [0.1, 0.15) is 34.1 Å². The van der Waals surface area contributed by atoms with Crippen molar-refractivity contribution in [3.8, 4) is 6.07 Å². The molecule has 0 aromatic rings. The van der Waals surface area contributed by atoms with Crippen LogP contribution in [-0.4, -0.2) is 19.8 Å². The Morgan fingerprint density at radius 1 is 1.18 bits per heavy atom. The predicted molar refractivity (Wildman–Crippen MR) is 65.4 cm³/mol. The van der Waals surface area contributed by atoms with Crippen molar-refractivity contribution in [2.75, 3.05) is 19.8 Å². The highest BCUT2D eigenvalue weighted by Crippen LogP contribution is 2.49. The summed E-state index contributed by atoms with van der Waals surface area (Å²) >= 11 is 0. The minimum atomic E-state index is -3.49. The molecule has 0 spiro atoms. The molecule has 0 heterocycles. The first-order chi connectivity index (χ1) is 8.02. The van der Waals surface area contributed by atoms with E-state index in [0.29, 0.717) is 0 Å². The zero-order chi connectivity index (χ0) is 13.3. The van der Waals surface area contributed by atoms with E-state index in [2.05, 4.69) is 6.07 Å². The van der Waals surface area contributed by atoms with Crippen molar-refractivity contribution >= 4 is 7.82 Å². The Labute approximate surface area is 104 Å². The third-order valence-corrected chi connectivity index (χ3v) is 4.10. The molecule has 0 aliphatic rings. The van der Waals surface area contributed by atoms with Gasteiger partial charge in [-0.2, -0.15) is 5.26 Å². The molecule has 0 aromatic carbocycles. The first kappa shape index (κ1) is 16.6. The van der Waals surface area contributed by atoms with Gasteiger partial charge in [0.1, 0.15) is 0 Å². The normalized spacial score (nSPS) is 15.2. The van der Waals surface area contributed by atoms with Crippen molar-refractivity contribution in [3.63, 3.8) is 0 Å². The van der Waals surface area contributed by atoms with Gasteiger partial charge in [0.05, 0.1) is 31.8 Å². The van der Waals surface area contributed by atoms with E-state index in [1.807, 2.05) is 13.8 Å². The number of phosphoric ester groups is 1. The van der Waals surface area contributed by atoms with E-state index < -0.39 is 7.82 Å². The van der Waals surface area contributed by atoms with Gasteiger partial charge in [-0.3, -0.25) is 13.6 Å². The standard InChI is InChI=1S/C11H22NO4P/c1-5-10(4)11(8-12)9-16-17(13,14-6-2)15-7-3/h10-11H,5-7,9H2,1-4H3. The minimum Gasteiger partial charge on any atom is -0.287 e. The van der Waals surface area contributed by atoms with Crippen molar-refractivity contribution in [1.82, 2.24) is 0 Å². The molecule has 0 aromatic heterocycles. The largest absolute Gasteiger partial charge is 0.474 e. The third kappa shape index (κ3) is 6.18. The van der Waals surface area contributed by atoms with Gasteiger partial charge in [0.25, 0.3) is 0 Å². The van der Waals surface area contributed by atoms with Crippen LogP contribution in [0.3, 0.4) is 0 Å². The summed E-state index contributed by atoms with van der Waals surface area (Å²) in [6.07, 6.45) is 0.870. The molecule has 0 fully saturated rings. The van der Waals surface area contributed by atoms with Gasteiger partial charge < -0.3 is 0 Å². The highest BCUT2D eigenvalue weighted by atomic mass is 31.2. The number of hydrogen-bond donors (Lipinski definition) is 0. The van der Waals surface area contributed by atoms with Crippen LogP contribution in [0.15, 0.2) is 0 Å². The van der Waals surface area contributed by atoms with Gasteiger partial charge >= 0.3 is 7.82 Å². The fourth-order valence-electron chi connectivity index (χ4n) is 1.21. The summed E-state index contributed by atoms with van der Waals surface area (Å²) in [7, 11) is -3.49. The van der Waals surface area contributed by atoms with Crippen molar-refractivity contribution < 1.29 is 18.1 Å². The van der Waals surface area contributed by atoms with E-state index in [-0.39, 0.29) is 31.7 Å². The van der Waals surface area contributed by atoms with E-state index in [1.165, 1.54) is 0 Å². The number of phosphoric acid groups is 1. The fourth-order valence-corrected chi connectivity index (χ4v) is 2.41. The lowest BCUT2D eigenvalue weighted by Gasteiger charge is -2.20. The molecule has 0 saturated heterocycles. The number of nitriles is 1. The summed E-state index contributed by atoms with van der Waals surface area (Å²) in [6, 6.07) is 2.15. The summed E-state index contributed by atoms with van der Waals surface area (Å²) in [5.41, 5.74) is 0. The summed E-state index contributed by atoms with van der Waals surface area (Å²) in [5, 5.41) is 8.98. The Bertz CT molecular complexity index is 280. The van der Waals surface area contributed by atoms with Crippen LogP contribution in [0.5, 0.6) is 0 Å². The van der Waals surface area contributed by atoms with Crippen molar-refractivity contribution in [1.29, 1.82) is 5.26 Å². The Kier molecular flexibility index (Phi) is 8.45. The minimum absolute atomic E-state index is 0.0722. The molecule has 0 bridgehead atoms. The van der Waals surface area contributed by atoms with Crippen LogP contribution < -0.4 is 0 Å². The van der Waals surface area contributed by atoms with E-state index in [0.717, 1.165) is 6.42 Å². The van der Waals surface area contributed by atoms with Gasteiger partial charge in [-0.1, -0.05) is 20.3 Å². The molecule has 0 N–H and O–H groups in total. The monoisotopic (exact) mass is 263 g/mol. The van der Waals surface area contributed by atoms with Crippen LogP contribution in [0.25, 0.3) is 0 Å². The quantitative estimate of drug-likeness (QED) is 0.596. The van der Waals surface area contributed by atoms with Gasteiger partial charge in [-0.25, -0.2) is 4.57 Å². The second kappa shape index (κ2) is 8.66. The number of nitrogens with zero attached hydrogens (tertiary/aromatic N) is 1. The molecule has 0 aliphatic heterocycles. The van der Waals surface area contributed by atoms with Crippen molar-refractivity contribution in [3.05, 3.63) is 0 Å². The maximum Gasteiger partial charge on any atom is 0.474 e. The Morgan fingerprint density at radius 2 is 1.71 bits per heavy atom. The van der Waals surface area contributed by atoms with E-state index in [4.69, 9.17) is 18.8 Å². The van der Waals surface area contributed by atoms with Gasteiger partial charge in [-0.15, -0.1) is 0 Å². The molecule has 17 heavy (non-hydrogen) atoms. The third-order valence-electron chi connectivity index (χ3n) is 2.48. The zero-order valence-corrected chi connectivity index (χ0v) is 11.9. The topological polar surface area (TPSA) is 68.6 Å². The van der Waals surface area contributed by atoms with Gasteiger partial charge in [-0.05, 0) is 19.8 Å². The molecule has 5 nitrogen and oxygen atoms in total. The SMILES string of the molecule is CCOP(=O)(OCC)OCC(C#N)C(C)CC. The van der Waals surface area contributed by atoms with Crippen LogP contribution in [0.2, 0.25) is 0 Å². The fraction of sp³-hybridized carbons (Fsp3) is 0.909. The molecule has 6 heteroatoms. The zero-order valence-electron chi connectivity index (χ0n) is 11.0. The van der Waals surface area contributed by atoms with Crippen molar-refractivity contribution in [2.45, 2.75) is 34.1 Å². The maximum atomic E-state index is 12.0. The first-order valence-corrected chi connectivity index (χ1v) is 7.42. The van der Waals surface area contributed by atoms with E-state index in [1.54, 1.807) is 13.8 Å². The number of hydrogen-bond acceptors (Lipinski definition) is 5. The summed E-state index contributed by atoms with van der Waals surface area (Å²) in [6.45, 7) is 7.96.